The van der Waals surface area contributed by atoms with Crippen LogP contribution in [0.4, 0.5) is 0 Å². The van der Waals surface area contributed by atoms with E-state index in [4.69, 9.17) is 0 Å². The number of nitrogens with one attached hydrogen (secondary N) is 1. The van der Waals surface area contributed by atoms with Crippen LogP contribution in [-0.4, -0.2) is 16.0 Å². The van der Waals surface area contributed by atoms with Gasteiger partial charge in [-0.2, -0.15) is 0 Å². The van der Waals surface area contributed by atoms with Gasteiger partial charge in [-0.3, -0.25) is 9.78 Å². The lowest BCUT2D eigenvalue weighted by Gasteiger charge is -2.15. The highest BCUT2D eigenvalue weighted by atomic mass is 32.1. The van der Waals surface area contributed by atoms with Gasteiger partial charge < -0.3 is 10.4 Å². The number of thiophene rings is 1. The molecule has 0 saturated carbocycles. The lowest BCUT2D eigenvalue weighted by Crippen LogP contribution is -2.27. The molecule has 4 nitrogen and oxygen atoms in total. The van der Waals surface area contributed by atoms with Gasteiger partial charge in [0.25, 0.3) is 5.91 Å². The van der Waals surface area contributed by atoms with E-state index in [-0.39, 0.29) is 23.3 Å². The minimum Gasteiger partial charge on any atom is -0.505 e. The van der Waals surface area contributed by atoms with Crippen LogP contribution in [0, 0.1) is 0 Å². The number of pyridine rings is 1. The summed E-state index contributed by atoms with van der Waals surface area (Å²) in [6.07, 6.45) is 3.56. The highest BCUT2D eigenvalue weighted by Gasteiger charge is 2.17. The highest BCUT2D eigenvalue weighted by molar-refractivity contribution is 7.10. The second-order valence-electron chi connectivity index (χ2n) is 3.84. The van der Waals surface area contributed by atoms with E-state index in [9.17, 15) is 9.90 Å². The summed E-state index contributed by atoms with van der Waals surface area (Å²) in [5, 5.41) is 14.5. The topological polar surface area (TPSA) is 62.2 Å². The van der Waals surface area contributed by atoms with Crippen LogP contribution in [0.1, 0.15) is 34.6 Å². The zero-order chi connectivity index (χ0) is 13.0. The first-order valence-electron chi connectivity index (χ1n) is 5.69. The lowest BCUT2D eigenvalue weighted by molar-refractivity contribution is 0.0933. The largest absolute Gasteiger partial charge is 0.505 e. The second kappa shape index (κ2) is 5.64. The van der Waals surface area contributed by atoms with E-state index in [1.54, 1.807) is 11.3 Å². The van der Waals surface area contributed by atoms with E-state index in [2.05, 4.69) is 10.3 Å². The van der Waals surface area contributed by atoms with Crippen LogP contribution in [-0.2, 0) is 0 Å². The number of nitrogens with zero attached hydrogens (tertiary/aromatic N) is 1. The Balaban J connectivity index is 2.14. The van der Waals surface area contributed by atoms with Crippen LogP contribution in [0.15, 0.2) is 36.0 Å². The third-order valence-electron chi connectivity index (χ3n) is 2.64. The smallest absolute Gasteiger partial charge is 0.255 e. The van der Waals surface area contributed by atoms with Gasteiger partial charge in [0.2, 0.25) is 0 Å². The van der Waals surface area contributed by atoms with Crippen molar-refractivity contribution < 1.29 is 9.90 Å². The van der Waals surface area contributed by atoms with Crippen LogP contribution in [0.3, 0.4) is 0 Å². The van der Waals surface area contributed by atoms with Gasteiger partial charge >= 0.3 is 0 Å². The Morgan fingerprint density at radius 2 is 2.39 bits per heavy atom. The molecular weight excluding hydrogens is 248 g/mol. The van der Waals surface area contributed by atoms with Gasteiger partial charge in [-0.05, 0) is 23.9 Å². The molecular formula is C13H14N2O2S. The zero-order valence-electron chi connectivity index (χ0n) is 9.96. The fourth-order valence-corrected chi connectivity index (χ4v) is 2.54. The van der Waals surface area contributed by atoms with Crippen molar-refractivity contribution in [1.29, 1.82) is 0 Å². The van der Waals surface area contributed by atoms with Crippen molar-refractivity contribution in [3.63, 3.8) is 0 Å². The molecule has 0 spiro atoms. The van der Waals surface area contributed by atoms with Gasteiger partial charge in [0.15, 0.2) is 0 Å². The van der Waals surface area contributed by atoms with Crippen LogP contribution < -0.4 is 5.32 Å². The molecule has 0 bridgehead atoms. The number of carbonyl (C=O) groups is 1. The summed E-state index contributed by atoms with van der Waals surface area (Å²) in [6.45, 7) is 2.01. The number of carbonyl (C=O) groups excluding carboxylic acids is 1. The van der Waals surface area contributed by atoms with Crippen LogP contribution in [0.25, 0.3) is 0 Å². The summed E-state index contributed by atoms with van der Waals surface area (Å²) in [7, 11) is 0. The Morgan fingerprint density at radius 1 is 1.56 bits per heavy atom. The third kappa shape index (κ3) is 2.68. The van der Waals surface area contributed by atoms with E-state index in [1.807, 2.05) is 24.4 Å². The molecule has 2 aromatic rings. The maximum Gasteiger partial charge on any atom is 0.255 e. The molecule has 0 aromatic carbocycles. The quantitative estimate of drug-likeness (QED) is 0.890. The number of aromatic hydroxyl groups is 1. The first-order valence-corrected chi connectivity index (χ1v) is 6.57. The average molecular weight is 262 g/mol. The maximum atomic E-state index is 12.0. The molecule has 2 rings (SSSR count). The minimum atomic E-state index is -0.282. The van der Waals surface area contributed by atoms with E-state index in [1.165, 1.54) is 18.5 Å². The van der Waals surface area contributed by atoms with Crippen molar-refractivity contribution in [2.24, 2.45) is 0 Å². The van der Waals surface area contributed by atoms with Crippen molar-refractivity contribution in [3.05, 3.63) is 46.4 Å². The van der Waals surface area contributed by atoms with E-state index in [0.29, 0.717) is 0 Å². The normalized spacial score (nSPS) is 12.1. The first kappa shape index (κ1) is 12.6. The molecule has 2 heterocycles. The molecule has 0 aliphatic rings. The number of aromatic nitrogens is 1. The molecule has 5 heteroatoms. The molecule has 0 aliphatic carbocycles. The molecule has 94 valence electrons. The maximum absolute atomic E-state index is 12.0. The molecule has 2 aromatic heterocycles. The van der Waals surface area contributed by atoms with E-state index >= 15 is 0 Å². The van der Waals surface area contributed by atoms with Crippen molar-refractivity contribution in [2.75, 3.05) is 0 Å². The number of hydrogen-bond donors (Lipinski definition) is 2. The van der Waals surface area contributed by atoms with Crippen molar-refractivity contribution in [1.82, 2.24) is 10.3 Å². The number of rotatable bonds is 4. The Morgan fingerprint density at radius 3 is 3.00 bits per heavy atom. The Hall–Kier alpha value is -1.88. The third-order valence-corrected chi connectivity index (χ3v) is 3.63. The van der Waals surface area contributed by atoms with Gasteiger partial charge in [0.1, 0.15) is 5.75 Å². The molecule has 1 unspecified atom stereocenters. The summed E-state index contributed by atoms with van der Waals surface area (Å²) < 4.78 is 0. The molecule has 2 N–H and O–H groups in total. The van der Waals surface area contributed by atoms with Gasteiger partial charge in [-0.15, -0.1) is 11.3 Å². The van der Waals surface area contributed by atoms with Crippen molar-refractivity contribution >= 4 is 17.2 Å². The average Bonchev–Trinajstić information content (AvgIpc) is 2.90. The first-order chi connectivity index (χ1) is 8.72. The number of hydrogen-bond acceptors (Lipinski definition) is 4. The molecule has 0 fully saturated rings. The Labute approximate surface area is 109 Å². The summed E-state index contributed by atoms with van der Waals surface area (Å²) in [5.41, 5.74) is 0.250. The highest BCUT2D eigenvalue weighted by Crippen LogP contribution is 2.23. The van der Waals surface area contributed by atoms with Gasteiger partial charge in [-0.1, -0.05) is 13.0 Å². The minimum absolute atomic E-state index is 0.0231. The Bertz CT molecular complexity index is 526. The molecule has 0 aliphatic heterocycles. The SMILES string of the molecule is CCC(NC(=O)c1ccncc1O)c1cccs1. The summed E-state index contributed by atoms with van der Waals surface area (Å²) in [5.74, 6) is -0.383. The van der Waals surface area contributed by atoms with Gasteiger partial charge in [0.05, 0.1) is 17.8 Å². The van der Waals surface area contributed by atoms with Gasteiger partial charge in [0, 0.05) is 11.1 Å². The fourth-order valence-electron chi connectivity index (χ4n) is 1.68. The fraction of sp³-hybridized carbons (Fsp3) is 0.231. The molecule has 0 saturated heterocycles. The molecule has 1 amide bonds. The summed E-state index contributed by atoms with van der Waals surface area (Å²) in [4.78, 5) is 16.9. The lowest BCUT2D eigenvalue weighted by atomic mass is 10.1. The van der Waals surface area contributed by atoms with Crippen LogP contribution in [0.2, 0.25) is 0 Å². The van der Waals surface area contributed by atoms with Crippen molar-refractivity contribution in [2.45, 2.75) is 19.4 Å². The van der Waals surface area contributed by atoms with Crippen LogP contribution in [0.5, 0.6) is 5.75 Å². The predicted octanol–water partition coefficient (Wildman–Crippen LogP) is 2.73. The van der Waals surface area contributed by atoms with Crippen LogP contribution >= 0.6 is 11.3 Å². The molecule has 18 heavy (non-hydrogen) atoms. The summed E-state index contributed by atoms with van der Waals surface area (Å²) in [6, 6.07) is 5.43. The number of amides is 1. The van der Waals surface area contributed by atoms with E-state index < -0.39 is 0 Å². The van der Waals surface area contributed by atoms with E-state index in [0.717, 1.165) is 11.3 Å². The van der Waals surface area contributed by atoms with Crippen molar-refractivity contribution in [3.8, 4) is 5.75 Å². The second-order valence-corrected chi connectivity index (χ2v) is 4.82. The monoisotopic (exact) mass is 262 g/mol. The summed E-state index contributed by atoms with van der Waals surface area (Å²) >= 11 is 1.61. The molecule has 0 radical (unpaired) electrons. The standard InChI is InChI=1S/C13H14N2O2S/c1-2-10(12-4-3-7-18-12)15-13(17)9-5-6-14-8-11(9)16/h3-8,10,16H,2H2,1H3,(H,15,17). The zero-order valence-corrected chi connectivity index (χ0v) is 10.8. The predicted molar refractivity (Wildman–Crippen MR) is 70.7 cm³/mol. The van der Waals surface area contributed by atoms with Gasteiger partial charge in [-0.25, -0.2) is 0 Å². The Kier molecular flexibility index (Phi) is 3.94. The molecule has 1 atom stereocenters.